The molecule has 1 heterocycles. The molecule has 0 unspecified atom stereocenters. The lowest BCUT2D eigenvalue weighted by molar-refractivity contribution is -0.385. The molecule has 0 radical (unpaired) electrons. The molecule has 0 aromatic heterocycles. The molecule has 8 heteroatoms. The molecule has 1 aliphatic heterocycles. The van der Waals surface area contributed by atoms with Gasteiger partial charge in [-0.15, -0.1) is 0 Å². The van der Waals surface area contributed by atoms with Crippen molar-refractivity contribution < 1.29 is 9.72 Å². The first kappa shape index (κ1) is 19.6. The number of nitrogens with one attached hydrogen (secondary N) is 2. The first-order chi connectivity index (χ1) is 13.5. The van der Waals surface area contributed by atoms with E-state index in [0.29, 0.717) is 17.8 Å². The largest absolute Gasteiger partial charge is 0.369 e. The zero-order chi connectivity index (χ0) is 19.9. The first-order valence-electron chi connectivity index (χ1n) is 9.36. The van der Waals surface area contributed by atoms with Gasteiger partial charge in [-0.25, -0.2) is 4.79 Å². The Morgan fingerprint density at radius 2 is 1.79 bits per heavy atom. The Balaban J connectivity index is 1.41. The number of amides is 2. The van der Waals surface area contributed by atoms with E-state index in [1.165, 1.54) is 11.8 Å². The maximum Gasteiger partial charge on any atom is 0.319 e. The lowest BCUT2D eigenvalue weighted by Gasteiger charge is -2.36. The van der Waals surface area contributed by atoms with Crippen LogP contribution in [-0.2, 0) is 0 Å². The second-order valence-corrected chi connectivity index (χ2v) is 6.75. The maximum absolute atomic E-state index is 12.1. The summed E-state index contributed by atoms with van der Waals surface area (Å²) in [6.07, 6.45) is 0. The summed E-state index contributed by atoms with van der Waals surface area (Å²) in [5.41, 5.74) is 2.13. The van der Waals surface area contributed by atoms with Crippen LogP contribution >= 0.6 is 0 Å². The van der Waals surface area contributed by atoms with Crippen LogP contribution in [0.25, 0.3) is 0 Å². The van der Waals surface area contributed by atoms with Gasteiger partial charge in [-0.1, -0.05) is 24.3 Å². The summed E-state index contributed by atoms with van der Waals surface area (Å²) in [6.45, 7) is 6.73. The van der Waals surface area contributed by atoms with Gasteiger partial charge in [0, 0.05) is 51.0 Å². The van der Waals surface area contributed by atoms with Crippen molar-refractivity contribution in [2.45, 2.75) is 6.92 Å². The molecule has 0 saturated carbocycles. The fourth-order valence-electron chi connectivity index (χ4n) is 3.32. The van der Waals surface area contributed by atoms with Crippen LogP contribution in [0.3, 0.4) is 0 Å². The summed E-state index contributed by atoms with van der Waals surface area (Å²) in [5, 5.41) is 16.5. The number of hydrogen-bond acceptors (Lipinski definition) is 5. The van der Waals surface area contributed by atoms with E-state index in [-0.39, 0.29) is 11.7 Å². The highest BCUT2D eigenvalue weighted by Crippen LogP contribution is 2.24. The number of carbonyl (C=O) groups excluding carboxylic acids is 1. The number of nitro benzene ring substituents is 1. The Morgan fingerprint density at radius 1 is 1.07 bits per heavy atom. The highest BCUT2D eigenvalue weighted by atomic mass is 16.6. The SMILES string of the molecule is Cc1c(NC(=O)NCCN2CCN(c3ccccc3)CC2)cccc1[N+](=O)[O-]. The molecule has 1 fully saturated rings. The van der Waals surface area contributed by atoms with Crippen molar-refractivity contribution in [2.24, 2.45) is 0 Å². The van der Waals surface area contributed by atoms with E-state index >= 15 is 0 Å². The van der Waals surface area contributed by atoms with Crippen LogP contribution in [0.2, 0.25) is 0 Å². The van der Waals surface area contributed by atoms with E-state index in [9.17, 15) is 14.9 Å². The van der Waals surface area contributed by atoms with E-state index in [0.717, 1.165) is 32.7 Å². The van der Waals surface area contributed by atoms with Gasteiger partial charge in [0.2, 0.25) is 0 Å². The van der Waals surface area contributed by atoms with Gasteiger partial charge in [0.15, 0.2) is 0 Å². The van der Waals surface area contributed by atoms with Crippen LogP contribution < -0.4 is 15.5 Å². The Kier molecular flexibility index (Phi) is 6.44. The molecule has 0 aliphatic carbocycles. The van der Waals surface area contributed by atoms with Crippen molar-refractivity contribution in [1.82, 2.24) is 10.2 Å². The monoisotopic (exact) mass is 383 g/mol. The number of benzene rings is 2. The summed E-state index contributed by atoms with van der Waals surface area (Å²) >= 11 is 0. The Labute approximate surface area is 164 Å². The van der Waals surface area contributed by atoms with Crippen LogP contribution in [0.1, 0.15) is 5.56 Å². The number of para-hydroxylation sites is 1. The molecule has 8 nitrogen and oxygen atoms in total. The molecule has 148 valence electrons. The van der Waals surface area contributed by atoms with Gasteiger partial charge in [0.1, 0.15) is 0 Å². The molecule has 2 N–H and O–H groups in total. The predicted molar refractivity (Wildman–Crippen MR) is 110 cm³/mol. The zero-order valence-electron chi connectivity index (χ0n) is 15.9. The second-order valence-electron chi connectivity index (χ2n) is 6.75. The summed E-state index contributed by atoms with van der Waals surface area (Å²) in [6, 6.07) is 14.7. The number of hydrogen-bond donors (Lipinski definition) is 2. The minimum Gasteiger partial charge on any atom is -0.369 e. The number of rotatable bonds is 6. The van der Waals surface area contributed by atoms with Crippen LogP contribution in [0.5, 0.6) is 0 Å². The lowest BCUT2D eigenvalue weighted by Crippen LogP contribution is -2.48. The van der Waals surface area contributed by atoms with Crippen LogP contribution in [0.4, 0.5) is 21.9 Å². The van der Waals surface area contributed by atoms with Gasteiger partial charge < -0.3 is 15.5 Å². The van der Waals surface area contributed by atoms with Gasteiger partial charge >= 0.3 is 6.03 Å². The minimum atomic E-state index is -0.451. The third-order valence-electron chi connectivity index (χ3n) is 4.96. The van der Waals surface area contributed by atoms with Crippen LogP contribution in [0, 0.1) is 17.0 Å². The highest BCUT2D eigenvalue weighted by molar-refractivity contribution is 5.90. The molecule has 1 saturated heterocycles. The fourth-order valence-corrected chi connectivity index (χ4v) is 3.32. The molecular weight excluding hydrogens is 358 g/mol. The molecule has 1 aliphatic rings. The van der Waals surface area contributed by atoms with Gasteiger partial charge in [0.25, 0.3) is 5.69 Å². The van der Waals surface area contributed by atoms with Gasteiger partial charge in [-0.05, 0) is 25.1 Å². The zero-order valence-corrected chi connectivity index (χ0v) is 15.9. The van der Waals surface area contributed by atoms with Crippen molar-refractivity contribution in [3.63, 3.8) is 0 Å². The Bertz CT molecular complexity index is 820. The summed E-state index contributed by atoms with van der Waals surface area (Å²) < 4.78 is 0. The standard InChI is InChI=1S/C20H25N5O3/c1-16-18(8-5-9-19(16)25(27)28)22-20(26)21-10-11-23-12-14-24(15-13-23)17-6-3-2-4-7-17/h2-9H,10-15H2,1H3,(H2,21,22,26). The average Bonchev–Trinajstić information content (AvgIpc) is 2.70. The maximum atomic E-state index is 12.1. The van der Waals surface area contributed by atoms with Crippen LogP contribution in [-0.4, -0.2) is 55.1 Å². The van der Waals surface area contributed by atoms with Crippen LogP contribution in [0.15, 0.2) is 48.5 Å². The van der Waals surface area contributed by atoms with Gasteiger partial charge in [0.05, 0.1) is 16.2 Å². The van der Waals surface area contributed by atoms with Crippen molar-refractivity contribution in [3.8, 4) is 0 Å². The lowest BCUT2D eigenvalue weighted by atomic mass is 10.1. The Morgan fingerprint density at radius 3 is 2.46 bits per heavy atom. The normalized spacial score (nSPS) is 14.5. The number of anilines is 2. The Hall–Kier alpha value is -3.13. The van der Waals surface area contributed by atoms with E-state index in [4.69, 9.17) is 0 Å². The number of nitrogens with zero attached hydrogens (tertiary/aromatic N) is 3. The van der Waals surface area contributed by atoms with E-state index < -0.39 is 4.92 Å². The molecular formula is C20H25N5O3. The third-order valence-corrected chi connectivity index (χ3v) is 4.96. The quantitative estimate of drug-likeness (QED) is 0.591. The molecule has 3 rings (SSSR count). The van der Waals surface area contributed by atoms with Gasteiger partial charge in [-0.3, -0.25) is 15.0 Å². The minimum absolute atomic E-state index is 0.00547. The first-order valence-corrected chi connectivity index (χ1v) is 9.36. The van der Waals surface area contributed by atoms with E-state index in [1.807, 2.05) is 18.2 Å². The number of piperazine rings is 1. The number of carbonyl (C=O) groups is 1. The topological polar surface area (TPSA) is 90.8 Å². The smallest absolute Gasteiger partial charge is 0.319 e. The van der Waals surface area contributed by atoms with E-state index in [1.54, 1.807) is 19.1 Å². The van der Waals surface area contributed by atoms with E-state index in [2.05, 4.69) is 32.6 Å². The molecule has 0 spiro atoms. The third kappa shape index (κ3) is 4.98. The molecule has 2 aromatic carbocycles. The van der Waals surface area contributed by atoms with Gasteiger partial charge in [-0.2, -0.15) is 0 Å². The summed E-state index contributed by atoms with van der Waals surface area (Å²) in [4.78, 5) is 27.3. The van der Waals surface area contributed by atoms with Crippen molar-refractivity contribution in [1.29, 1.82) is 0 Å². The number of urea groups is 1. The second kappa shape index (κ2) is 9.18. The predicted octanol–water partition coefficient (Wildman–Crippen LogP) is 2.85. The highest BCUT2D eigenvalue weighted by Gasteiger charge is 2.17. The number of nitro groups is 1. The van der Waals surface area contributed by atoms with Crippen molar-refractivity contribution in [2.75, 3.05) is 49.5 Å². The molecule has 0 atom stereocenters. The molecule has 2 aromatic rings. The average molecular weight is 383 g/mol. The molecule has 2 amide bonds. The fraction of sp³-hybridized carbons (Fsp3) is 0.350. The molecule has 28 heavy (non-hydrogen) atoms. The summed E-state index contributed by atoms with van der Waals surface area (Å²) in [7, 11) is 0. The van der Waals surface area contributed by atoms with Crippen molar-refractivity contribution in [3.05, 3.63) is 64.2 Å². The van der Waals surface area contributed by atoms with Crippen molar-refractivity contribution >= 4 is 23.1 Å². The summed E-state index contributed by atoms with van der Waals surface area (Å²) in [5.74, 6) is 0. The molecule has 0 bridgehead atoms.